The van der Waals surface area contributed by atoms with Crippen molar-refractivity contribution in [3.05, 3.63) is 50.7 Å². The van der Waals surface area contributed by atoms with E-state index in [-0.39, 0.29) is 6.54 Å². The molecule has 0 bridgehead atoms. The van der Waals surface area contributed by atoms with Crippen LogP contribution in [0.2, 0.25) is 0 Å². The van der Waals surface area contributed by atoms with E-state index in [4.69, 9.17) is 4.42 Å². The van der Waals surface area contributed by atoms with E-state index >= 15 is 0 Å². The standard InChI is InChI=1S/C13H15BrN2O3/c1-2-4-12-15-16(13(18)19-12)8-11(17)9-5-3-6-10(14)7-9/h3,5-7,11,17H,2,4,8H2,1H3. The predicted octanol–water partition coefficient (Wildman–Crippen LogP) is 2.28. The lowest BCUT2D eigenvalue weighted by atomic mass is 10.1. The molecular formula is C13H15BrN2O3. The first-order valence-corrected chi connectivity index (χ1v) is 6.89. The molecule has 2 rings (SSSR count). The lowest BCUT2D eigenvalue weighted by Crippen LogP contribution is -2.20. The highest BCUT2D eigenvalue weighted by Gasteiger charge is 2.13. The predicted molar refractivity (Wildman–Crippen MR) is 73.9 cm³/mol. The van der Waals surface area contributed by atoms with Crippen LogP contribution in [0.5, 0.6) is 0 Å². The molecule has 0 aliphatic rings. The van der Waals surface area contributed by atoms with Crippen LogP contribution < -0.4 is 5.76 Å². The number of hydrogen-bond donors (Lipinski definition) is 1. The first-order chi connectivity index (χ1) is 9.10. The summed E-state index contributed by atoms with van der Waals surface area (Å²) >= 11 is 3.34. The maximum atomic E-state index is 11.6. The molecular weight excluding hydrogens is 312 g/mol. The van der Waals surface area contributed by atoms with E-state index in [0.29, 0.717) is 12.3 Å². The number of aliphatic hydroxyl groups excluding tert-OH is 1. The van der Waals surface area contributed by atoms with Crippen LogP contribution in [0.15, 0.2) is 37.9 Å². The van der Waals surface area contributed by atoms with Gasteiger partial charge in [-0.15, -0.1) is 5.10 Å². The largest absolute Gasteiger partial charge is 0.437 e. The quantitative estimate of drug-likeness (QED) is 0.915. The number of hydrogen-bond acceptors (Lipinski definition) is 4. The van der Waals surface area contributed by atoms with Crippen molar-refractivity contribution in [3.8, 4) is 0 Å². The van der Waals surface area contributed by atoms with Crippen LogP contribution in [0.3, 0.4) is 0 Å². The Kier molecular flexibility index (Phi) is 4.55. The Morgan fingerprint density at radius 2 is 2.32 bits per heavy atom. The lowest BCUT2D eigenvalue weighted by molar-refractivity contribution is 0.148. The molecule has 0 amide bonds. The van der Waals surface area contributed by atoms with E-state index in [9.17, 15) is 9.90 Å². The molecule has 0 aliphatic carbocycles. The van der Waals surface area contributed by atoms with Crippen molar-refractivity contribution in [1.82, 2.24) is 9.78 Å². The maximum absolute atomic E-state index is 11.6. The van der Waals surface area contributed by atoms with E-state index in [2.05, 4.69) is 21.0 Å². The van der Waals surface area contributed by atoms with Crippen LogP contribution in [-0.2, 0) is 13.0 Å². The van der Waals surface area contributed by atoms with Gasteiger partial charge in [0.25, 0.3) is 0 Å². The Morgan fingerprint density at radius 1 is 1.53 bits per heavy atom. The fraction of sp³-hybridized carbons (Fsp3) is 0.385. The number of nitrogens with zero attached hydrogens (tertiary/aromatic N) is 2. The van der Waals surface area contributed by atoms with Crippen molar-refractivity contribution >= 4 is 15.9 Å². The van der Waals surface area contributed by atoms with E-state index in [0.717, 1.165) is 21.1 Å². The number of halogens is 1. The van der Waals surface area contributed by atoms with Crippen LogP contribution >= 0.6 is 15.9 Å². The van der Waals surface area contributed by atoms with Crippen molar-refractivity contribution in [2.75, 3.05) is 0 Å². The number of aromatic nitrogens is 2. The number of rotatable bonds is 5. The van der Waals surface area contributed by atoms with Gasteiger partial charge < -0.3 is 9.52 Å². The Hall–Kier alpha value is -1.40. The van der Waals surface area contributed by atoms with Crippen LogP contribution in [-0.4, -0.2) is 14.9 Å². The summed E-state index contributed by atoms with van der Waals surface area (Å²) < 4.78 is 7.03. The summed E-state index contributed by atoms with van der Waals surface area (Å²) in [4.78, 5) is 11.6. The molecule has 2 aromatic rings. The molecule has 0 fully saturated rings. The van der Waals surface area contributed by atoms with Gasteiger partial charge in [-0.3, -0.25) is 0 Å². The normalized spacial score (nSPS) is 12.6. The fourth-order valence-electron chi connectivity index (χ4n) is 1.76. The number of aliphatic hydroxyl groups is 1. The van der Waals surface area contributed by atoms with Crippen molar-refractivity contribution in [2.24, 2.45) is 0 Å². The van der Waals surface area contributed by atoms with Gasteiger partial charge in [0.1, 0.15) is 0 Å². The smallest absolute Gasteiger partial charge is 0.392 e. The molecule has 19 heavy (non-hydrogen) atoms. The Labute approximate surface area is 119 Å². The molecule has 1 atom stereocenters. The topological polar surface area (TPSA) is 68.3 Å². The highest BCUT2D eigenvalue weighted by Crippen LogP contribution is 2.19. The SMILES string of the molecule is CCCc1nn(CC(O)c2cccc(Br)c2)c(=O)o1. The van der Waals surface area contributed by atoms with Crippen molar-refractivity contribution in [3.63, 3.8) is 0 Å². The van der Waals surface area contributed by atoms with Crippen molar-refractivity contribution in [1.29, 1.82) is 0 Å². The average molecular weight is 327 g/mol. The van der Waals surface area contributed by atoms with Crippen molar-refractivity contribution < 1.29 is 9.52 Å². The van der Waals surface area contributed by atoms with Gasteiger partial charge in [-0.05, 0) is 24.1 Å². The number of benzene rings is 1. The molecule has 0 aliphatic heterocycles. The van der Waals surface area contributed by atoms with Gasteiger partial charge >= 0.3 is 5.76 Å². The van der Waals surface area contributed by atoms with Crippen LogP contribution in [0.25, 0.3) is 0 Å². The molecule has 6 heteroatoms. The molecule has 1 heterocycles. The summed E-state index contributed by atoms with van der Waals surface area (Å²) in [5, 5.41) is 14.2. The number of aryl methyl sites for hydroxylation is 1. The molecule has 0 radical (unpaired) electrons. The van der Waals surface area contributed by atoms with Gasteiger partial charge in [0.15, 0.2) is 0 Å². The molecule has 0 spiro atoms. The second kappa shape index (κ2) is 6.16. The third-order valence-corrected chi connectivity index (χ3v) is 3.18. The summed E-state index contributed by atoms with van der Waals surface area (Å²) in [6.45, 7) is 2.07. The highest BCUT2D eigenvalue weighted by atomic mass is 79.9. The van der Waals surface area contributed by atoms with E-state index in [1.54, 1.807) is 6.07 Å². The van der Waals surface area contributed by atoms with E-state index in [1.807, 2.05) is 25.1 Å². The maximum Gasteiger partial charge on any atom is 0.437 e. The third kappa shape index (κ3) is 3.54. The van der Waals surface area contributed by atoms with Gasteiger partial charge in [-0.1, -0.05) is 35.0 Å². The molecule has 0 saturated carbocycles. The first-order valence-electron chi connectivity index (χ1n) is 6.10. The average Bonchev–Trinajstić information content (AvgIpc) is 2.70. The monoisotopic (exact) mass is 326 g/mol. The molecule has 1 unspecified atom stereocenters. The van der Waals surface area contributed by atoms with Crippen LogP contribution in [0, 0.1) is 0 Å². The molecule has 1 N–H and O–H groups in total. The summed E-state index contributed by atoms with van der Waals surface area (Å²) in [6, 6.07) is 7.31. The third-order valence-electron chi connectivity index (χ3n) is 2.69. The van der Waals surface area contributed by atoms with Crippen LogP contribution in [0.1, 0.15) is 30.9 Å². The molecule has 0 saturated heterocycles. The summed E-state index contributed by atoms with van der Waals surface area (Å²) in [6.07, 6.45) is 0.679. The Balaban J connectivity index is 2.14. The van der Waals surface area contributed by atoms with E-state index in [1.165, 1.54) is 0 Å². The molecule has 1 aromatic heterocycles. The second-order valence-corrected chi connectivity index (χ2v) is 5.18. The Bertz CT molecular complexity index is 606. The minimum Gasteiger partial charge on any atom is -0.392 e. The van der Waals surface area contributed by atoms with Gasteiger partial charge in [0.05, 0.1) is 12.6 Å². The van der Waals surface area contributed by atoms with Crippen LogP contribution in [0.4, 0.5) is 0 Å². The minimum absolute atomic E-state index is 0.0858. The summed E-state index contributed by atoms with van der Waals surface area (Å²) in [7, 11) is 0. The highest BCUT2D eigenvalue weighted by molar-refractivity contribution is 9.10. The molecule has 5 nitrogen and oxygen atoms in total. The van der Waals surface area contributed by atoms with Gasteiger partial charge in [0, 0.05) is 10.9 Å². The Morgan fingerprint density at radius 3 is 3.00 bits per heavy atom. The summed E-state index contributed by atoms with van der Waals surface area (Å²) in [5.41, 5.74) is 0.723. The molecule has 102 valence electrons. The fourth-order valence-corrected chi connectivity index (χ4v) is 2.18. The minimum atomic E-state index is -0.797. The van der Waals surface area contributed by atoms with Gasteiger partial charge in [-0.25, -0.2) is 4.79 Å². The zero-order valence-corrected chi connectivity index (χ0v) is 12.1. The van der Waals surface area contributed by atoms with E-state index < -0.39 is 11.9 Å². The van der Waals surface area contributed by atoms with Crippen molar-refractivity contribution in [2.45, 2.75) is 32.4 Å². The zero-order chi connectivity index (χ0) is 13.8. The lowest BCUT2D eigenvalue weighted by Gasteiger charge is -2.09. The summed E-state index contributed by atoms with van der Waals surface area (Å²) in [5.74, 6) is -0.119. The van der Waals surface area contributed by atoms with Gasteiger partial charge in [-0.2, -0.15) is 4.68 Å². The second-order valence-electron chi connectivity index (χ2n) is 4.26. The molecule has 1 aromatic carbocycles. The first kappa shape index (κ1) is 14.0. The van der Waals surface area contributed by atoms with Gasteiger partial charge in [0.2, 0.25) is 5.89 Å². The zero-order valence-electron chi connectivity index (χ0n) is 10.5.